The SMILES string of the molecule is CNC(c1cccc(F)c1Br)C1CCCC(C)C1. The van der Waals surface area contributed by atoms with Crippen LogP contribution in [0.15, 0.2) is 22.7 Å². The molecule has 100 valence electrons. The number of nitrogens with one attached hydrogen (secondary N) is 1. The van der Waals surface area contributed by atoms with Crippen LogP contribution in [0.1, 0.15) is 44.2 Å². The smallest absolute Gasteiger partial charge is 0.137 e. The molecule has 0 spiro atoms. The van der Waals surface area contributed by atoms with Crippen LogP contribution in [0.3, 0.4) is 0 Å². The molecular formula is C15H21BrFN. The van der Waals surface area contributed by atoms with Crippen molar-refractivity contribution in [2.45, 2.75) is 38.6 Å². The van der Waals surface area contributed by atoms with Crippen LogP contribution < -0.4 is 5.32 Å². The van der Waals surface area contributed by atoms with Gasteiger partial charge < -0.3 is 5.32 Å². The molecule has 1 aliphatic rings. The van der Waals surface area contributed by atoms with Crippen LogP contribution in [0.2, 0.25) is 0 Å². The maximum Gasteiger partial charge on any atom is 0.137 e. The maximum absolute atomic E-state index is 13.6. The lowest BCUT2D eigenvalue weighted by molar-refractivity contribution is 0.229. The van der Waals surface area contributed by atoms with Gasteiger partial charge in [0.05, 0.1) is 4.47 Å². The van der Waals surface area contributed by atoms with E-state index in [-0.39, 0.29) is 11.9 Å². The monoisotopic (exact) mass is 313 g/mol. The average molecular weight is 314 g/mol. The zero-order chi connectivity index (χ0) is 13.1. The van der Waals surface area contributed by atoms with Crippen molar-refractivity contribution in [3.05, 3.63) is 34.1 Å². The summed E-state index contributed by atoms with van der Waals surface area (Å²) in [6.07, 6.45) is 5.08. The van der Waals surface area contributed by atoms with Gasteiger partial charge in [0, 0.05) is 6.04 Å². The van der Waals surface area contributed by atoms with Crippen molar-refractivity contribution >= 4 is 15.9 Å². The van der Waals surface area contributed by atoms with Crippen LogP contribution in [0, 0.1) is 17.7 Å². The maximum atomic E-state index is 13.6. The van der Waals surface area contributed by atoms with Crippen molar-refractivity contribution in [2.75, 3.05) is 7.05 Å². The third-order valence-electron chi connectivity index (χ3n) is 4.08. The first-order valence-electron chi connectivity index (χ1n) is 6.74. The van der Waals surface area contributed by atoms with Crippen molar-refractivity contribution in [3.63, 3.8) is 0 Å². The molecule has 0 saturated heterocycles. The summed E-state index contributed by atoms with van der Waals surface area (Å²) in [6.45, 7) is 2.32. The van der Waals surface area contributed by atoms with Crippen LogP contribution in [-0.4, -0.2) is 7.05 Å². The lowest BCUT2D eigenvalue weighted by Gasteiger charge is -2.34. The first-order chi connectivity index (χ1) is 8.63. The minimum Gasteiger partial charge on any atom is -0.313 e. The molecule has 1 aliphatic carbocycles. The number of hydrogen-bond donors (Lipinski definition) is 1. The van der Waals surface area contributed by atoms with Crippen molar-refractivity contribution in [3.8, 4) is 0 Å². The Balaban J connectivity index is 2.24. The van der Waals surface area contributed by atoms with E-state index in [0.29, 0.717) is 10.4 Å². The molecular weight excluding hydrogens is 293 g/mol. The van der Waals surface area contributed by atoms with E-state index in [1.807, 2.05) is 13.1 Å². The predicted molar refractivity (Wildman–Crippen MR) is 77.0 cm³/mol. The van der Waals surface area contributed by atoms with Crippen molar-refractivity contribution in [2.24, 2.45) is 11.8 Å². The fourth-order valence-corrected chi connectivity index (χ4v) is 3.70. The Kier molecular flexibility index (Phi) is 4.79. The Morgan fingerprint density at radius 1 is 1.39 bits per heavy atom. The van der Waals surface area contributed by atoms with Gasteiger partial charge in [-0.15, -0.1) is 0 Å². The van der Waals surface area contributed by atoms with Crippen molar-refractivity contribution < 1.29 is 4.39 Å². The number of halogens is 2. The Bertz CT molecular complexity index is 407. The molecule has 1 fully saturated rings. The molecule has 1 saturated carbocycles. The quantitative estimate of drug-likeness (QED) is 0.854. The zero-order valence-electron chi connectivity index (χ0n) is 11.0. The van der Waals surface area contributed by atoms with Crippen molar-refractivity contribution in [1.29, 1.82) is 0 Å². The van der Waals surface area contributed by atoms with E-state index in [4.69, 9.17) is 0 Å². The Hall–Kier alpha value is -0.410. The third-order valence-corrected chi connectivity index (χ3v) is 4.91. The highest BCUT2D eigenvalue weighted by Crippen LogP contribution is 2.39. The molecule has 1 N–H and O–H groups in total. The molecule has 3 atom stereocenters. The summed E-state index contributed by atoms with van der Waals surface area (Å²) < 4.78 is 14.3. The lowest BCUT2D eigenvalue weighted by Crippen LogP contribution is -2.29. The first-order valence-corrected chi connectivity index (χ1v) is 7.54. The van der Waals surface area contributed by atoms with Gasteiger partial charge in [0.25, 0.3) is 0 Å². The van der Waals surface area contributed by atoms with Gasteiger partial charge in [0.1, 0.15) is 5.82 Å². The lowest BCUT2D eigenvalue weighted by atomic mass is 9.77. The predicted octanol–water partition coefficient (Wildman–Crippen LogP) is 4.68. The van der Waals surface area contributed by atoms with Gasteiger partial charge in [-0.3, -0.25) is 0 Å². The molecule has 0 radical (unpaired) electrons. The molecule has 3 unspecified atom stereocenters. The summed E-state index contributed by atoms with van der Waals surface area (Å²) in [5.41, 5.74) is 1.05. The Morgan fingerprint density at radius 3 is 2.83 bits per heavy atom. The van der Waals surface area contributed by atoms with Crippen LogP contribution in [0.25, 0.3) is 0 Å². The van der Waals surface area contributed by atoms with Gasteiger partial charge >= 0.3 is 0 Å². The second-order valence-corrected chi connectivity index (χ2v) is 6.23. The number of hydrogen-bond acceptors (Lipinski definition) is 1. The topological polar surface area (TPSA) is 12.0 Å². The number of rotatable bonds is 3. The molecule has 0 heterocycles. The summed E-state index contributed by atoms with van der Waals surface area (Å²) >= 11 is 3.39. The van der Waals surface area contributed by atoms with E-state index < -0.39 is 0 Å². The first kappa shape index (κ1) is 14.0. The van der Waals surface area contributed by atoms with Gasteiger partial charge in [-0.2, -0.15) is 0 Å². The molecule has 0 aromatic heterocycles. The summed E-state index contributed by atoms with van der Waals surface area (Å²) in [4.78, 5) is 0. The summed E-state index contributed by atoms with van der Waals surface area (Å²) in [7, 11) is 1.97. The standard InChI is InChI=1S/C15H21BrFN/c1-10-5-3-6-11(9-10)15(18-2)12-7-4-8-13(17)14(12)16/h4,7-8,10-11,15,18H,3,5-6,9H2,1-2H3. The van der Waals surface area contributed by atoms with E-state index in [0.717, 1.165) is 11.5 Å². The van der Waals surface area contributed by atoms with Crippen LogP contribution in [-0.2, 0) is 0 Å². The summed E-state index contributed by atoms with van der Waals surface area (Å²) in [5.74, 6) is 1.22. The third kappa shape index (κ3) is 2.94. The van der Waals surface area contributed by atoms with E-state index in [1.54, 1.807) is 6.07 Å². The molecule has 18 heavy (non-hydrogen) atoms. The van der Waals surface area contributed by atoms with Gasteiger partial charge in [0.15, 0.2) is 0 Å². The highest BCUT2D eigenvalue weighted by atomic mass is 79.9. The molecule has 3 heteroatoms. The van der Waals surface area contributed by atoms with Gasteiger partial charge in [-0.25, -0.2) is 4.39 Å². The molecule has 2 rings (SSSR count). The van der Waals surface area contributed by atoms with Crippen molar-refractivity contribution in [1.82, 2.24) is 5.32 Å². The average Bonchev–Trinajstić information content (AvgIpc) is 2.35. The minimum absolute atomic E-state index is 0.170. The number of benzene rings is 1. The van der Waals surface area contributed by atoms with E-state index >= 15 is 0 Å². The summed E-state index contributed by atoms with van der Waals surface area (Å²) in [5, 5.41) is 3.38. The normalized spacial score (nSPS) is 26.0. The second kappa shape index (κ2) is 6.16. The molecule has 0 aliphatic heterocycles. The van der Waals surface area contributed by atoms with Gasteiger partial charge in [-0.1, -0.05) is 31.9 Å². The fourth-order valence-electron chi connectivity index (χ4n) is 3.19. The minimum atomic E-state index is -0.170. The van der Waals surface area contributed by atoms with Crippen LogP contribution in [0.4, 0.5) is 4.39 Å². The van der Waals surface area contributed by atoms with Crippen LogP contribution in [0.5, 0.6) is 0 Å². The second-order valence-electron chi connectivity index (χ2n) is 5.44. The van der Waals surface area contributed by atoms with Gasteiger partial charge in [0.2, 0.25) is 0 Å². The molecule has 1 aromatic carbocycles. The molecule has 0 bridgehead atoms. The fraction of sp³-hybridized carbons (Fsp3) is 0.600. The highest BCUT2D eigenvalue weighted by Gasteiger charge is 2.28. The van der Waals surface area contributed by atoms with E-state index in [9.17, 15) is 4.39 Å². The Morgan fingerprint density at radius 2 is 2.17 bits per heavy atom. The van der Waals surface area contributed by atoms with E-state index in [1.165, 1.54) is 31.7 Å². The van der Waals surface area contributed by atoms with Crippen LogP contribution >= 0.6 is 15.9 Å². The molecule has 1 aromatic rings. The summed E-state index contributed by atoms with van der Waals surface area (Å²) in [6, 6.07) is 5.57. The molecule has 0 amide bonds. The van der Waals surface area contributed by atoms with E-state index in [2.05, 4.69) is 28.2 Å². The highest BCUT2D eigenvalue weighted by molar-refractivity contribution is 9.10. The largest absolute Gasteiger partial charge is 0.313 e. The van der Waals surface area contributed by atoms with Gasteiger partial charge in [-0.05, 0) is 59.3 Å². The Labute approximate surface area is 117 Å². The zero-order valence-corrected chi connectivity index (χ0v) is 12.6. The molecule has 1 nitrogen and oxygen atoms in total.